The van der Waals surface area contributed by atoms with E-state index in [1.165, 1.54) is 9.70 Å². The molecule has 0 aromatic carbocycles. The molecule has 1 heterocycles. The summed E-state index contributed by atoms with van der Waals surface area (Å²) >= 11 is 3.71. The maximum Gasteiger partial charge on any atom is 0.308 e. The van der Waals surface area contributed by atoms with Crippen molar-refractivity contribution in [2.24, 2.45) is 0 Å². The number of pyridine rings is 1. The topological polar surface area (TPSA) is 48.3 Å². The van der Waals surface area contributed by atoms with Gasteiger partial charge < -0.3 is 4.74 Å². The molecule has 70 valence electrons. The van der Waals surface area contributed by atoms with Crippen LogP contribution in [0.25, 0.3) is 0 Å². The summed E-state index contributed by atoms with van der Waals surface area (Å²) in [6.45, 7) is 1.30. The Morgan fingerprint density at radius 2 is 2.23 bits per heavy atom. The zero-order valence-corrected chi connectivity index (χ0v) is 10.9. The summed E-state index contributed by atoms with van der Waals surface area (Å²) in [5, 5.41) is 0. The smallest absolute Gasteiger partial charge is 0.308 e. The summed E-state index contributed by atoms with van der Waals surface area (Å²) in [5.41, 5.74) is -0.181. The molecule has 0 atom stereocenters. The van der Waals surface area contributed by atoms with Crippen LogP contribution in [0.2, 0.25) is 0 Å². The lowest BCUT2D eigenvalue weighted by atomic mass is 10.4. The Morgan fingerprint density at radius 1 is 1.62 bits per heavy atom. The van der Waals surface area contributed by atoms with Crippen molar-refractivity contribution in [3.63, 3.8) is 0 Å². The Labute approximate surface area is 102 Å². The first-order valence-corrected chi connectivity index (χ1v) is 5.32. The third-order valence-corrected chi connectivity index (χ3v) is 2.96. The van der Waals surface area contributed by atoms with Gasteiger partial charge in [0.25, 0.3) is 5.56 Å². The summed E-state index contributed by atoms with van der Waals surface area (Å²) in [7, 11) is 0. The fourth-order valence-electron chi connectivity index (χ4n) is 0.707. The lowest BCUT2D eigenvalue weighted by Gasteiger charge is -2.03. The van der Waals surface area contributed by atoms with Crippen LogP contribution in [0.15, 0.2) is 17.1 Å². The zero-order valence-electron chi connectivity index (χ0n) is 6.58. The minimum atomic E-state index is -0.427. The molecule has 1 aromatic heterocycles. The molecule has 0 fully saturated rings. The highest BCUT2D eigenvalue weighted by Gasteiger charge is 2.08. The molecule has 0 N–H and O–H groups in total. The van der Waals surface area contributed by atoms with Crippen molar-refractivity contribution in [2.75, 3.05) is 0 Å². The van der Waals surface area contributed by atoms with Gasteiger partial charge >= 0.3 is 5.97 Å². The summed E-state index contributed by atoms with van der Waals surface area (Å²) in [6.07, 6.45) is 1.54. The Hall–Kier alpha value is -0.120. The van der Waals surface area contributed by atoms with E-state index < -0.39 is 5.97 Å². The van der Waals surface area contributed by atoms with Crippen LogP contribution in [0.3, 0.4) is 0 Å². The van der Waals surface area contributed by atoms with Gasteiger partial charge in [-0.05, 0) is 28.7 Å². The number of rotatable bonds is 1. The summed E-state index contributed by atoms with van der Waals surface area (Å²) in [5.74, 6) is -0.116. The maximum atomic E-state index is 11.3. The summed E-state index contributed by atoms with van der Waals surface area (Å²) in [4.78, 5) is 22.0. The monoisotopic (exact) mass is 405 g/mol. The van der Waals surface area contributed by atoms with E-state index in [1.54, 1.807) is 12.3 Å². The zero-order chi connectivity index (χ0) is 10.0. The molecule has 0 aliphatic heterocycles. The van der Waals surface area contributed by atoms with Crippen LogP contribution in [0, 0.1) is 3.57 Å². The molecule has 0 bridgehead atoms. The van der Waals surface area contributed by atoms with Gasteiger partial charge in [0.15, 0.2) is 5.75 Å². The molecule has 0 spiro atoms. The van der Waals surface area contributed by atoms with Crippen molar-refractivity contribution in [1.82, 2.24) is 2.78 Å². The molecule has 0 radical (unpaired) electrons. The van der Waals surface area contributed by atoms with Crippen molar-refractivity contribution in [3.8, 4) is 5.75 Å². The van der Waals surface area contributed by atoms with Crippen LogP contribution in [0.1, 0.15) is 6.92 Å². The van der Waals surface area contributed by atoms with Crippen LogP contribution in [0.4, 0.5) is 0 Å². The Morgan fingerprint density at radius 3 is 2.77 bits per heavy atom. The minimum Gasteiger partial charge on any atom is -0.425 e. The molecular formula is C7H5I2NO3. The standard InChI is InChI=1S/C7H5I2NO3/c1-4(11)13-5-2-3-10(9)7(12)6(5)8/h2-3H,1H3. The quantitative estimate of drug-likeness (QED) is 0.527. The lowest BCUT2D eigenvalue weighted by molar-refractivity contribution is -0.131. The highest BCUT2D eigenvalue weighted by atomic mass is 127. The number of esters is 1. The van der Waals surface area contributed by atoms with Crippen LogP contribution < -0.4 is 10.3 Å². The van der Waals surface area contributed by atoms with Crippen molar-refractivity contribution in [2.45, 2.75) is 6.92 Å². The number of halogens is 2. The number of ether oxygens (including phenoxy) is 1. The van der Waals surface area contributed by atoms with Crippen LogP contribution >= 0.6 is 45.5 Å². The molecule has 0 amide bonds. The Balaban J connectivity index is 3.18. The number of aromatic nitrogens is 1. The SMILES string of the molecule is CC(=O)Oc1ccn(I)c(=O)c1I. The third-order valence-electron chi connectivity index (χ3n) is 1.21. The van der Waals surface area contributed by atoms with E-state index in [0.29, 0.717) is 9.32 Å². The molecule has 0 aliphatic rings. The molecule has 0 saturated carbocycles. The molecule has 4 nitrogen and oxygen atoms in total. The number of nitrogens with zero attached hydrogens (tertiary/aromatic N) is 1. The van der Waals surface area contributed by atoms with E-state index in [1.807, 2.05) is 45.5 Å². The predicted octanol–water partition coefficient (Wildman–Crippen LogP) is 1.58. The Bertz CT molecular complexity index is 399. The molecule has 0 unspecified atom stereocenters. The van der Waals surface area contributed by atoms with Crippen molar-refractivity contribution in [3.05, 3.63) is 26.2 Å². The van der Waals surface area contributed by atoms with Gasteiger partial charge in [0.2, 0.25) is 0 Å². The highest BCUT2D eigenvalue weighted by Crippen LogP contribution is 2.16. The van der Waals surface area contributed by atoms with Gasteiger partial charge in [0.1, 0.15) is 3.57 Å². The molecular weight excluding hydrogens is 400 g/mol. The number of hydrogen-bond donors (Lipinski definition) is 0. The van der Waals surface area contributed by atoms with E-state index in [0.717, 1.165) is 0 Å². The Kier molecular flexibility index (Phi) is 3.71. The van der Waals surface area contributed by atoms with Crippen molar-refractivity contribution in [1.29, 1.82) is 0 Å². The average Bonchev–Trinajstić information content (AvgIpc) is 2.06. The van der Waals surface area contributed by atoms with Gasteiger partial charge in [-0.25, -0.2) is 0 Å². The summed E-state index contributed by atoms with van der Waals surface area (Å²) in [6, 6.07) is 1.58. The van der Waals surface area contributed by atoms with E-state index in [9.17, 15) is 9.59 Å². The predicted molar refractivity (Wildman–Crippen MR) is 64.1 cm³/mol. The van der Waals surface area contributed by atoms with E-state index >= 15 is 0 Å². The summed E-state index contributed by atoms with van der Waals surface area (Å²) < 4.78 is 6.62. The molecule has 6 heteroatoms. The molecule has 0 aliphatic carbocycles. The van der Waals surface area contributed by atoms with Crippen LogP contribution in [0.5, 0.6) is 5.75 Å². The van der Waals surface area contributed by atoms with Gasteiger partial charge in [-0.1, -0.05) is 0 Å². The number of carbonyl (C=O) groups excluding carboxylic acids is 1. The average molecular weight is 405 g/mol. The van der Waals surface area contributed by atoms with Gasteiger partial charge in [0, 0.05) is 13.1 Å². The second-order valence-electron chi connectivity index (χ2n) is 2.20. The molecule has 1 aromatic rings. The number of carbonyl (C=O) groups is 1. The molecule has 0 saturated heterocycles. The first-order valence-electron chi connectivity index (χ1n) is 3.28. The van der Waals surface area contributed by atoms with Gasteiger partial charge in [0.05, 0.1) is 22.9 Å². The van der Waals surface area contributed by atoms with Gasteiger partial charge in [-0.2, -0.15) is 0 Å². The van der Waals surface area contributed by atoms with Crippen molar-refractivity contribution < 1.29 is 9.53 Å². The fourth-order valence-corrected chi connectivity index (χ4v) is 2.12. The largest absolute Gasteiger partial charge is 0.425 e. The van der Waals surface area contributed by atoms with E-state index in [-0.39, 0.29) is 5.56 Å². The van der Waals surface area contributed by atoms with Crippen LogP contribution in [-0.4, -0.2) is 8.75 Å². The van der Waals surface area contributed by atoms with E-state index in [2.05, 4.69) is 0 Å². The van der Waals surface area contributed by atoms with Crippen LogP contribution in [-0.2, 0) is 4.79 Å². The maximum absolute atomic E-state index is 11.3. The minimum absolute atomic E-state index is 0.181. The molecule has 1 rings (SSSR count). The normalized spacial score (nSPS) is 9.77. The first-order chi connectivity index (χ1) is 6.02. The lowest BCUT2D eigenvalue weighted by Crippen LogP contribution is -2.17. The highest BCUT2D eigenvalue weighted by molar-refractivity contribution is 14.1. The third kappa shape index (κ3) is 2.66. The second kappa shape index (κ2) is 4.40. The van der Waals surface area contributed by atoms with E-state index in [4.69, 9.17) is 4.74 Å². The van der Waals surface area contributed by atoms with Gasteiger partial charge in [-0.15, -0.1) is 0 Å². The number of hydrogen-bond acceptors (Lipinski definition) is 3. The fraction of sp³-hybridized carbons (Fsp3) is 0.143. The van der Waals surface area contributed by atoms with Crippen molar-refractivity contribution >= 4 is 51.4 Å². The second-order valence-corrected chi connectivity index (χ2v) is 4.32. The first kappa shape index (κ1) is 11.0. The molecule has 13 heavy (non-hydrogen) atoms. The van der Waals surface area contributed by atoms with Gasteiger partial charge in [-0.3, -0.25) is 12.4 Å².